The molecule has 0 spiro atoms. The first kappa shape index (κ1) is 21.9. The number of rotatable bonds is 7. The number of esters is 1. The number of H-pyrrole nitrogens is 1. The summed E-state index contributed by atoms with van der Waals surface area (Å²) in [4.78, 5) is 30.6. The highest BCUT2D eigenvalue weighted by molar-refractivity contribution is 5.86. The summed E-state index contributed by atoms with van der Waals surface area (Å²) in [7, 11) is 1.65. The summed E-state index contributed by atoms with van der Waals surface area (Å²) in [5, 5.41) is 1.13. The standard InChI is InChI=1S/C26H30N2O4/c1-3-32-26(30)19-12-14-28(15-13-19)25(29)16-22(18-8-10-20(31-2)11-9-18)23-17-27-24-7-5-4-6-21(23)24/h4-11,17,19,22,27H,3,12-16H2,1-2H3. The number of fused-ring (bicyclic) bond motifs is 1. The van der Waals surface area contributed by atoms with Crippen LogP contribution in [0.25, 0.3) is 10.9 Å². The lowest BCUT2D eigenvalue weighted by atomic mass is 9.87. The molecule has 1 unspecified atom stereocenters. The first-order valence-electron chi connectivity index (χ1n) is 11.2. The second-order valence-electron chi connectivity index (χ2n) is 8.23. The Labute approximate surface area is 188 Å². The Bertz CT molecular complexity index is 1060. The number of amides is 1. The van der Waals surface area contributed by atoms with Gasteiger partial charge in [0.25, 0.3) is 0 Å². The summed E-state index contributed by atoms with van der Waals surface area (Å²) >= 11 is 0. The van der Waals surface area contributed by atoms with E-state index in [2.05, 4.69) is 11.1 Å². The average Bonchev–Trinajstić information content (AvgIpc) is 3.27. The highest BCUT2D eigenvalue weighted by Crippen LogP contribution is 2.35. The van der Waals surface area contributed by atoms with Crippen molar-refractivity contribution in [3.05, 3.63) is 65.9 Å². The largest absolute Gasteiger partial charge is 0.497 e. The number of aromatic nitrogens is 1. The van der Waals surface area contributed by atoms with Crippen LogP contribution in [-0.4, -0.2) is 48.6 Å². The van der Waals surface area contributed by atoms with Crippen molar-refractivity contribution in [3.63, 3.8) is 0 Å². The van der Waals surface area contributed by atoms with Crippen LogP contribution in [0.3, 0.4) is 0 Å². The molecule has 0 bridgehead atoms. The van der Waals surface area contributed by atoms with Crippen LogP contribution in [0.4, 0.5) is 0 Å². The number of carbonyl (C=O) groups excluding carboxylic acids is 2. The van der Waals surface area contributed by atoms with Gasteiger partial charge in [0.15, 0.2) is 0 Å². The number of para-hydroxylation sites is 1. The molecule has 1 amide bonds. The van der Waals surface area contributed by atoms with E-state index in [1.807, 2.05) is 60.5 Å². The Morgan fingerprint density at radius 1 is 1.09 bits per heavy atom. The molecule has 1 N–H and O–H groups in total. The minimum atomic E-state index is -0.144. The lowest BCUT2D eigenvalue weighted by molar-refractivity contribution is -0.151. The van der Waals surface area contributed by atoms with E-state index in [-0.39, 0.29) is 23.7 Å². The number of nitrogens with zero attached hydrogens (tertiary/aromatic N) is 1. The first-order valence-corrected chi connectivity index (χ1v) is 11.2. The van der Waals surface area contributed by atoms with Gasteiger partial charge < -0.3 is 19.4 Å². The predicted octanol–water partition coefficient (Wildman–Crippen LogP) is 4.50. The van der Waals surface area contributed by atoms with E-state index < -0.39 is 0 Å². The summed E-state index contributed by atoms with van der Waals surface area (Å²) in [5.41, 5.74) is 3.24. The number of hydrogen-bond donors (Lipinski definition) is 1. The van der Waals surface area contributed by atoms with Gasteiger partial charge in [-0.1, -0.05) is 30.3 Å². The summed E-state index contributed by atoms with van der Waals surface area (Å²) in [6, 6.07) is 16.1. The fourth-order valence-electron chi connectivity index (χ4n) is 4.55. The van der Waals surface area contributed by atoms with Gasteiger partial charge in [0.2, 0.25) is 5.91 Å². The highest BCUT2D eigenvalue weighted by atomic mass is 16.5. The Kier molecular flexibility index (Phi) is 6.78. The van der Waals surface area contributed by atoms with Crippen molar-refractivity contribution in [1.82, 2.24) is 9.88 Å². The zero-order chi connectivity index (χ0) is 22.5. The maximum atomic E-state index is 13.3. The molecular weight excluding hydrogens is 404 g/mol. The molecule has 0 radical (unpaired) electrons. The summed E-state index contributed by atoms with van der Waals surface area (Å²) in [6.45, 7) is 3.39. The number of ether oxygens (including phenoxy) is 2. The number of hydrogen-bond acceptors (Lipinski definition) is 4. The molecule has 6 heteroatoms. The van der Waals surface area contributed by atoms with Crippen LogP contribution in [0, 0.1) is 5.92 Å². The quantitative estimate of drug-likeness (QED) is 0.556. The van der Waals surface area contributed by atoms with E-state index in [0.717, 1.165) is 27.8 Å². The number of likely N-dealkylation sites (tertiary alicyclic amines) is 1. The van der Waals surface area contributed by atoms with Gasteiger partial charge in [-0.3, -0.25) is 9.59 Å². The lowest BCUT2D eigenvalue weighted by Crippen LogP contribution is -2.41. The van der Waals surface area contributed by atoms with E-state index in [9.17, 15) is 9.59 Å². The van der Waals surface area contributed by atoms with Crippen LogP contribution in [0.2, 0.25) is 0 Å². The van der Waals surface area contributed by atoms with E-state index in [4.69, 9.17) is 9.47 Å². The van der Waals surface area contributed by atoms with Crippen LogP contribution < -0.4 is 4.74 Å². The Balaban J connectivity index is 1.54. The number of methoxy groups -OCH3 is 1. The van der Waals surface area contributed by atoms with Gasteiger partial charge >= 0.3 is 5.97 Å². The Morgan fingerprint density at radius 2 is 1.81 bits per heavy atom. The third-order valence-corrected chi connectivity index (χ3v) is 6.36. The molecule has 2 aromatic carbocycles. The third kappa shape index (κ3) is 4.64. The molecule has 4 rings (SSSR count). The fraction of sp³-hybridized carbons (Fsp3) is 0.385. The topological polar surface area (TPSA) is 71.6 Å². The summed E-state index contributed by atoms with van der Waals surface area (Å²) in [5.74, 6) is 0.573. The van der Waals surface area contributed by atoms with Crippen molar-refractivity contribution in [2.45, 2.75) is 32.1 Å². The third-order valence-electron chi connectivity index (χ3n) is 6.36. The smallest absolute Gasteiger partial charge is 0.309 e. The van der Waals surface area contributed by atoms with Gasteiger partial charge in [-0.25, -0.2) is 0 Å². The molecule has 1 aromatic heterocycles. The zero-order valence-electron chi connectivity index (χ0n) is 18.7. The molecule has 1 fully saturated rings. The SMILES string of the molecule is CCOC(=O)C1CCN(C(=O)CC(c2ccc(OC)cc2)c2c[nH]c3ccccc23)CC1. The number of carbonyl (C=O) groups is 2. The minimum absolute atomic E-state index is 0.0765. The van der Waals surface area contributed by atoms with Gasteiger partial charge in [-0.05, 0) is 49.1 Å². The van der Waals surface area contributed by atoms with E-state index >= 15 is 0 Å². The fourth-order valence-corrected chi connectivity index (χ4v) is 4.55. The molecule has 0 aliphatic carbocycles. The minimum Gasteiger partial charge on any atom is -0.497 e. The highest BCUT2D eigenvalue weighted by Gasteiger charge is 2.30. The molecule has 1 aliphatic heterocycles. The van der Waals surface area contributed by atoms with Crippen LogP contribution in [0.5, 0.6) is 5.75 Å². The predicted molar refractivity (Wildman–Crippen MR) is 124 cm³/mol. The van der Waals surface area contributed by atoms with E-state index in [1.54, 1.807) is 7.11 Å². The molecule has 3 aromatic rings. The van der Waals surface area contributed by atoms with Crippen molar-refractivity contribution < 1.29 is 19.1 Å². The normalized spacial score (nSPS) is 15.5. The number of piperidine rings is 1. The number of nitrogens with one attached hydrogen (secondary N) is 1. The van der Waals surface area contributed by atoms with E-state index in [1.165, 1.54) is 0 Å². The summed E-state index contributed by atoms with van der Waals surface area (Å²) in [6.07, 6.45) is 3.70. The second kappa shape index (κ2) is 9.90. The first-order chi connectivity index (χ1) is 15.6. The second-order valence-corrected chi connectivity index (χ2v) is 8.23. The molecule has 1 saturated heterocycles. The number of benzene rings is 2. The summed E-state index contributed by atoms with van der Waals surface area (Å²) < 4.78 is 10.5. The average molecular weight is 435 g/mol. The van der Waals surface area contributed by atoms with Crippen molar-refractivity contribution in [1.29, 1.82) is 0 Å². The maximum absolute atomic E-state index is 13.3. The molecule has 168 valence electrons. The number of aromatic amines is 1. The van der Waals surface area contributed by atoms with Crippen molar-refractivity contribution in [2.24, 2.45) is 5.92 Å². The van der Waals surface area contributed by atoms with Crippen LogP contribution in [0.15, 0.2) is 54.7 Å². The van der Waals surface area contributed by atoms with Crippen LogP contribution in [0.1, 0.15) is 43.2 Å². The van der Waals surface area contributed by atoms with Crippen LogP contribution in [-0.2, 0) is 14.3 Å². The maximum Gasteiger partial charge on any atom is 0.309 e. The van der Waals surface area contributed by atoms with E-state index in [0.29, 0.717) is 39.0 Å². The van der Waals surface area contributed by atoms with Gasteiger partial charge in [0, 0.05) is 42.5 Å². The lowest BCUT2D eigenvalue weighted by Gasteiger charge is -2.32. The van der Waals surface area contributed by atoms with Gasteiger partial charge in [-0.15, -0.1) is 0 Å². The van der Waals surface area contributed by atoms with Crippen molar-refractivity contribution in [3.8, 4) is 5.75 Å². The molecule has 2 heterocycles. The van der Waals surface area contributed by atoms with Gasteiger partial charge in [-0.2, -0.15) is 0 Å². The molecule has 6 nitrogen and oxygen atoms in total. The monoisotopic (exact) mass is 434 g/mol. The molecular formula is C26H30N2O4. The Hall–Kier alpha value is -3.28. The molecule has 32 heavy (non-hydrogen) atoms. The van der Waals surface area contributed by atoms with Crippen molar-refractivity contribution in [2.75, 3.05) is 26.8 Å². The zero-order valence-corrected chi connectivity index (χ0v) is 18.7. The molecule has 1 aliphatic rings. The van der Waals surface area contributed by atoms with Crippen molar-refractivity contribution >= 4 is 22.8 Å². The van der Waals surface area contributed by atoms with Gasteiger partial charge in [0.1, 0.15) is 5.75 Å². The van der Waals surface area contributed by atoms with Gasteiger partial charge in [0.05, 0.1) is 19.6 Å². The van der Waals surface area contributed by atoms with Crippen LogP contribution >= 0.6 is 0 Å². The molecule has 1 atom stereocenters. The molecule has 0 saturated carbocycles. The Morgan fingerprint density at radius 3 is 2.50 bits per heavy atom.